The number of amides is 2. The lowest BCUT2D eigenvalue weighted by molar-refractivity contribution is -0.143. The maximum Gasteiger partial charge on any atom is 0.261 e. The van der Waals surface area contributed by atoms with Gasteiger partial charge in [0.15, 0.2) is 6.61 Å². The van der Waals surface area contributed by atoms with E-state index in [2.05, 4.69) is 19.2 Å². The summed E-state index contributed by atoms with van der Waals surface area (Å²) in [5.41, 5.74) is 3.33. The molecule has 0 aliphatic heterocycles. The number of hydrogen-bond acceptors (Lipinski definition) is 3. The van der Waals surface area contributed by atoms with Gasteiger partial charge in [0.1, 0.15) is 11.8 Å². The van der Waals surface area contributed by atoms with Gasteiger partial charge in [-0.3, -0.25) is 9.59 Å². The summed E-state index contributed by atoms with van der Waals surface area (Å²) in [6.07, 6.45) is 1.37. The molecule has 0 unspecified atom stereocenters. The molecule has 5 nitrogen and oxygen atoms in total. The predicted molar refractivity (Wildman–Crippen MR) is 130 cm³/mol. The van der Waals surface area contributed by atoms with Gasteiger partial charge in [0, 0.05) is 12.6 Å². The first-order valence-electron chi connectivity index (χ1n) is 11.6. The van der Waals surface area contributed by atoms with Crippen LogP contribution in [0.1, 0.15) is 70.1 Å². The van der Waals surface area contributed by atoms with E-state index in [9.17, 15) is 9.59 Å². The van der Waals surface area contributed by atoms with Gasteiger partial charge in [-0.25, -0.2) is 0 Å². The van der Waals surface area contributed by atoms with Crippen LogP contribution in [0.2, 0.25) is 0 Å². The molecule has 2 rings (SSSR count). The molecule has 0 saturated carbocycles. The number of ether oxygens (including phenoxy) is 1. The minimum atomic E-state index is -0.552. The molecule has 2 amide bonds. The Hall–Kier alpha value is -2.82. The second-order valence-electron chi connectivity index (χ2n) is 8.77. The smallest absolute Gasteiger partial charge is 0.261 e. The molecular weight excluding hydrogens is 400 g/mol. The van der Waals surface area contributed by atoms with E-state index in [0.717, 1.165) is 17.5 Å². The Morgan fingerprint density at radius 1 is 1.00 bits per heavy atom. The van der Waals surface area contributed by atoms with Crippen molar-refractivity contribution in [2.24, 2.45) is 0 Å². The van der Waals surface area contributed by atoms with Crippen molar-refractivity contribution >= 4 is 11.8 Å². The Bertz CT molecular complexity index is 877. The highest BCUT2D eigenvalue weighted by molar-refractivity contribution is 5.88. The summed E-state index contributed by atoms with van der Waals surface area (Å²) in [5.74, 6) is 0.759. The highest BCUT2D eigenvalue weighted by Gasteiger charge is 2.29. The van der Waals surface area contributed by atoms with Crippen LogP contribution in [-0.4, -0.2) is 35.4 Å². The third-order valence-electron chi connectivity index (χ3n) is 5.73. The Labute approximate surface area is 193 Å². The number of hydrogen-bond donors (Lipinski definition) is 1. The fourth-order valence-corrected chi connectivity index (χ4v) is 3.54. The zero-order valence-corrected chi connectivity index (χ0v) is 20.4. The van der Waals surface area contributed by atoms with Crippen molar-refractivity contribution in [3.05, 3.63) is 65.2 Å². The normalized spacial score (nSPS) is 12.8. The standard InChI is InChI=1S/C27H38N2O3/c1-7-21(6)28-27(31)25(8-2)29(17-22-11-9-10-20(5)16-22)26(30)18-32-24-14-12-23(13-15-24)19(3)4/h9-16,19,21,25H,7-8,17-18H2,1-6H3,(H,28,31)/t21-,25-/m1/s1. The summed E-state index contributed by atoms with van der Waals surface area (Å²) in [6.45, 7) is 12.5. The molecule has 2 aromatic carbocycles. The molecule has 32 heavy (non-hydrogen) atoms. The zero-order chi connectivity index (χ0) is 23.7. The molecule has 5 heteroatoms. The molecule has 0 aliphatic rings. The molecule has 0 aliphatic carbocycles. The van der Waals surface area contributed by atoms with Crippen molar-refractivity contribution in [3.63, 3.8) is 0 Å². The lowest BCUT2D eigenvalue weighted by Crippen LogP contribution is -2.51. The van der Waals surface area contributed by atoms with Crippen molar-refractivity contribution < 1.29 is 14.3 Å². The van der Waals surface area contributed by atoms with Crippen LogP contribution >= 0.6 is 0 Å². The van der Waals surface area contributed by atoms with E-state index in [1.807, 2.05) is 76.2 Å². The van der Waals surface area contributed by atoms with Gasteiger partial charge in [0.25, 0.3) is 5.91 Å². The van der Waals surface area contributed by atoms with Gasteiger partial charge in [-0.2, -0.15) is 0 Å². The molecule has 1 N–H and O–H groups in total. The van der Waals surface area contributed by atoms with E-state index in [-0.39, 0.29) is 24.5 Å². The third-order valence-corrected chi connectivity index (χ3v) is 5.73. The second kappa shape index (κ2) is 12.3. The highest BCUT2D eigenvalue weighted by atomic mass is 16.5. The van der Waals surface area contributed by atoms with Gasteiger partial charge in [0.05, 0.1) is 0 Å². The molecule has 0 radical (unpaired) electrons. The number of nitrogens with zero attached hydrogens (tertiary/aromatic N) is 1. The van der Waals surface area contributed by atoms with Gasteiger partial charge < -0.3 is 15.0 Å². The summed E-state index contributed by atoms with van der Waals surface area (Å²) in [6, 6.07) is 15.3. The van der Waals surface area contributed by atoms with Crippen LogP contribution in [0.5, 0.6) is 5.75 Å². The lowest BCUT2D eigenvalue weighted by atomic mass is 10.0. The van der Waals surface area contributed by atoms with E-state index >= 15 is 0 Å². The Balaban J connectivity index is 2.19. The fraction of sp³-hybridized carbons (Fsp3) is 0.481. The predicted octanol–water partition coefficient (Wildman–Crippen LogP) is 5.22. The zero-order valence-electron chi connectivity index (χ0n) is 20.4. The second-order valence-corrected chi connectivity index (χ2v) is 8.77. The van der Waals surface area contributed by atoms with Gasteiger partial charge in [-0.05, 0) is 55.9 Å². The monoisotopic (exact) mass is 438 g/mol. The lowest BCUT2D eigenvalue weighted by Gasteiger charge is -2.31. The maximum atomic E-state index is 13.3. The van der Waals surface area contributed by atoms with Gasteiger partial charge >= 0.3 is 0 Å². The molecule has 174 valence electrons. The summed E-state index contributed by atoms with van der Waals surface area (Å²) in [5, 5.41) is 3.03. The van der Waals surface area contributed by atoms with Crippen molar-refractivity contribution in [2.45, 2.75) is 78.9 Å². The van der Waals surface area contributed by atoms with Gasteiger partial charge in [0.2, 0.25) is 5.91 Å². The number of rotatable bonds is 11. The number of carbonyl (C=O) groups excluding carboxylic acids is 2. The van der Waals surface area contributed by atoms with Crippen LogP contribution in [0.25, 0.3) is 0 Å². The molecule has 0 bridgehead atoms. The quantitative estimate of drug-likeness (QED) is 0.523. The topological polar surface area (TPSA) is 58.6 Å². The number of benzene rings is 2. The van der Waals surface area contributed by atoms with Crippen LogP contribution in [0.4, 0.5) is 0 Å². The largest absolute Gasteiger partial charge is 0.484 e. The Kier molecular flexibility index (Phi) is 9.76. The maximum absolute atomic E-state index is 13.3. The molecule has 0 fully saturated rings. The molecule has 0 aromatic heterocycles. The van der Waals surface area contributed by atoms with E-state index in [0.29, 0.717) is 24.6 Å². The number of nitrogens with one attached hydrogen (secondary N) is 1. The first-order valence-corrected chi connectivity index (χ1v) is 11.6. The molecular formula is C27H38N2O3. The average molecular weight is 439 g/mol. The van der Waals surface area contributed by atoms with Gasteiger partial charge in [-0.1, -0.05) is 69.7 Å². The minimum absolute atomic E-state index is 0.0585. The molecule has 2 atom stereocenters. The Morgan fingerprint density at radius 3 is 2.25 bits per heavy atom. The van der Waals surface area contributed by atoms with Crippen molar-refractivity contribution in [1.29, 1.82) is 0 Å². The van der Waals surface area contributed by atoms with Crippen LogP contribution in [0, 0.1) is 6.92 Å². The highest BCUT2D eigenvalue weighted by Crippen LogP contribution is 2.19. The van der Waals surface area contributed by atoms with Crippen molar-refractivity contribution in [3.8, 4) is 5.75 Å². The molecule has 0 spiro atoms. The summed E-state index contributed by atoms with van der Waals surface area (Å²) in [7, 11) is 0. The minimum Gasteiger partial charge on any atom is -0.484 e. The first kappa shape index (κ1) is 25.4. The van der Waals surface area contributed by atoms with E-state index in [1.165, 1.54) is 5.56 Å². The van der Waals surface area contributed by atoms with Crippen LogP contribution in [0.3, 0.4) is 0 Å². The van der Waals surface area contributed by atoms with Crippen molar-refractivity contribution in [1.82, 2.24) is 10.2 Å². The average Bonchev–Trinajstić information content (AvgIpc) is 2.77. The summed E-state index contributed by atoms with van der Waals surface area (Å²) >= 11 is 0. The number of carbonyl (C=O) groups is 2. The van der Waals surface area contributed by atoms with Crippen molar-refractivity contribution in [2.75, 3.05) is 6.61 Å². The van der Waals surface area contributed by atoms with Crippen LogP contribution in [-0.2, 0) is 16.1 Å². The summed E-state index contributed by atoms with van der Waals surface area (Å²) in [4.78, 5) is 27.9. The first-order chi connectivity index (χ1) is 15.2. The van der Waals surface area contributed by atoms with Crippen LogP contribution in [0.15, 0.2) is 48.5 Å². The third kappa shape index (κ3) is 7.40. The molecule has 0 saturated heterocycles. The Morgan fingerprint density at radius 2 is 1.69 bits per heavy atom. The summed E-state index contributed by atoms with van der Waals surface area (Å²) < 4.78 is 5.80. The fourth-order valence-electron chi connectivity index (χ4n) is 3.54. The molecule has 0 heterocycles. The molecule has 2 aromatic rings. The number of aryl methyl sites for hydroxylation is 1. The van der Waals surface area contributed by atoms with Gasteiger partial charge in [-0.15, -0.1) is 0 Å². The van der Waals surface area contributed by atoms with E-state index < -0.39 is 6.04 Å². The van der Waals surface area contributed by atoms with E-state index in [4.69, 9.17) is 4.74 Å². The SMILES string of the molecule is CC[C@@H](C)NC(=O)[C@@H](CC)N(Cc1cccc(C)c1)C(=O)COc1ccc(C(C)C)cc1. The van der Waals surface area contributed by atoms with E-state index in [1.54, 1.807) is 4.90 Å². The van der Waals surface area contributed by atoms with Crippen LogP contribution < -0.4 is 10.1 Å².